The maximum atomic E-state index is 5.61. The smallest absolute Gasteiger partial charge is 0.0719 e. The number of hydrogen-bond donors (Lipinski definition) is 2. The first-order valence-corrected chi connectivity index (χ1v) is 6.91. The van der Waals surface area contributed by atoms with E-state index in [1.807, 2.05) is 35.8 Å². The summed E-state index contributed by atoms with van der Waals surface area (Å²) in [4.78, 5) is 0. The highest BCUT2D eigenvalue weighted by atomic mass is 32.2. The van der Waals surface area contributed by atoms with E-state index in [4.69, 9.17) is 5.84 Å². The van der Waals surface area contributed by atoms with Gasteiger partial charge in [-0.1, -0.05) is 12.8 Å². The molecule has 0 bridgehead atoms. The summed E-state index contributed by atoms with van der Waals surface area (Å²) in [5, 5.41) is 5.01. The molecule has 0 amide bonds. The van der Waals surface area contributed by atoms with Gasteiger partial charge in [0.25, 0.3) is 0 Å². The van der Waals surface area contributed by atoms with Crippen LogP contribution >= 0.6 is 11.8 Å². The van der Waals surface area contributed by atoms with Crippen LogP contribution < -0.4 is 11.3 Å². The number of aryl methyl sites for hydroxylation is 1. The molecule has 1 atom stereocenters. The van der Waals surface area contributed by atoms with Gasteiger partial charge >= 0.3 is 0 Å². The van der Waals surface area contributed by atoms with Gasteiger partial charge in [0.1, 0.15) is 0 Å². The van der Waals surface area contributed by atoms with E-state index in [-0.39, 0.29) is 6.04 Å². The van der Waals surface area contributed by atoms with E-state index >= 15 is 0 Å². The normalized spacial score (nSPS) is 19.1. The molecule has 0 radical (unpaired) electrons. The fraction of sp³-hybridized carbons (Fsp3) is 0.727. The topological polar surface area (TPSA) is 55.9 Å². The summed E-state index contributed by atoms with van der Waals surface area (Å²) in [6.45, 7) is 0. The van der Waals surface area contributed by atoms with Crippen molar-refractivity contribution in [2.45, 2.75) is 37.0 Å². The molecule has 1 aromatic heterocycles. The van der Waals surface area contributed by atoms with Crippen molar-refractivity contribution in [2.75, 3.05) is 5.75 Å². The van der Waals surface area contributed by atoms with Gasteiger partial charge in [-0.25, -0.2) is 0 Å². The van der Waals surface area contributed by atoms with Gasteiger partial charge in [0.05, 0.1) is 11.7 Å². The molecule has 1 aromatic rings. The molecule has 1 saturated carbocycles. The van der Waals surface area contributed by atoms with Crippen LogP contribution in [0.3, 0.4) is 0 Å². The second kappa shape index (κ2) is 5.70. The Bertz CT molecular complexity index is 320. The van der Waals surface area contributed by atoms with E-state index in [1.165, 1.54) is 25.7 Å². The first kappa shape index (κ1) is 12.0. The van der Waals surface area contributed by atoms with Crippen LogP contribution in [0.25, 0.3) is 0 Å². The van der Waals surface area contributed by atoms with Crippen molar-refractivity contribution in [1.29, 1.82) is 0 Å². The van der Waals surface area contributed by atoms with E-state index in [9.17, 15) is 0 Å². The number of thioether (sulfide) groups is 1. The summed E-state index contributed by atoms with van der Waals surface area (Å²) in [7, 11) is 1.96. The maximum Gasteiger partial charge on any atom is 0.0719 e. The lowest BCUT2D eigenvalue weighted by molar-refractivity contribution is 0.554. The van der Waals surface area contributed by atoms with Gasteiger partial charge < -0.3 is 0 Å². The second-order valence-electron chi connectivity index (χ2n) is 4.34. The van der Waals surface area contributed by atoms with Gasteiger partial charge in [0.15, 0.2) is 0 Å². The zero-order valence-electron chi connectivity index (χ0n) is 9.72. The number of aromatic nitrogens is 2. The maximum absolute atomic E-state index is 5.61. The minimum absolute atomic E-state index is 0.207. The summed E-state index contributed by atoms with van der Waals surface area (Å²) in [5.41, 5.74) is 4.05. The minimum Gasteiger partial charge on any atom is -0.271 e. The summed E-state index contributed by atoms with van der Waals surface area (Å²) >= 11 is 2.04. The number of nitrogens with two attached hydrogens (primary N) is 1. The third kappa shape index (κ3) is 2.78. The molecule has 0 spiro atoms. The molecule has 16 heavy (non-hydrogen) atoms. The molecule has 1 unspecified atom stereocenters. The molecule has 0 saturated heterocycles. The van der Waals surface area contributed by atoms with Gasteiger partial charge in [-0.05, 0) is 18.9 Å². The van der Waals surface area contributed by atoms with Crippen LogP contribution in [-0.4, -0.2) is 20.8 Å². The predicted molar refractivity (Wildman–Crippen MR) is 68.0 cm³/mol. The molecule has 4 nitrogen and oxygen atoms in total. The highest BCUT2D eigenvalue weighted by Crippen LogP contribution is 2.31. The minimum atomic E-state index is 0.207. The van der Waals surface area contributed by atoms with Crippen LogP contribution in [0.15, 0.2) is 12.3 Å². The molecule has 0 aliphatic heterocycles. The van der Waals surface area contributed by atoms with Crippen LogP contribution in [0.2, 0.25) is 0 Å². The van der Waals surface area contributed by atoms with Crippen LogP contribution in [0.4, 0.5) is 0 Å². The van der Waals surface area contributed by atoms with Gasteiger partial charge in [-0.2, -0.15) is 16.9 Å². The van der Waals surface area contributed by atoms with Crippen molar-refractivity contribution in [3.8, 4) is 0 Å². The van der Waals surface area contributed by atoms with Crippen molar-refractivity contribution >= 4 is 11.8 Å². The van der Waals surface area contributed by atoms with Crippen molar-refractivity contribution in [2.24, 2.45) is 12.9 Å². The van der Waals surface area contributed by atoms with Gasteiger partial charge in [-0.3, -0.25) is 16.0 Å². The first-order valence-electron chi connectivity index (χ1n) is 5.87. The van der Waals surface area contributed by atoms with E-state index in [0.717, 1.165) is 16.7 Å². The number of rotatable bonds is 5. The van der Waals surface area contributed by atoms with Crippen LogP contribution in [0.1, 0.15) is 37.4 Å². The van der Waals surface area contributed by atoms with Gasteiger partial charge in [0.2, 0.25) is 0 Å². The Morgan fingerprint density at radius 1 is 1.62 bits per heavy atom. The highest BCUT2D eigenvalue weighted by Gasteiger charge is 2.19. The summed E-state index contributed by atoms with van der Waals surface area (Å²) in [5.74, 6) is 6.64. The highest BCUT2D eigenvalue weighted by molar-refractivity contribution is 7.99. The lowest BCUT2D eigenvalue weighted by Crippen LogP contribution is -2.31. The summed E-state index contributed by atoms with van der Waals surface area (Å²) < 4.78 is 1.89. The number of hydrogen-bond acceptors (Lipinski definition) is 4. The average Bonchev–Trinajstić information content (AvgIpc) is 2.92. The third-order valence-corrected chi connectivity index (χ3v) is 4.69. The molecule has 1 aliphatic rings. The Balaban J connectivity index is 1.88. The third-order valence-electron chi connectivity index (χ3n) is 3.22. The van der Waals surface area contributed by atoms with Crippen LogP contribution in [0, 0.1) is 0 Å². The molecule has 0 aromatic carbocycles. The Kier molecular flexibility index (Phi) is 4.26. The first-order chi connectivity index (χ1) is 7.81. The number of nitrogens with one attached hydrogen (secondary N) is 1. The standard InChI is InChI=1S/C11H20N4S/c1-15-11(6-7-13-15)10(14-12)8-16-9-4-2-3-5-9/h6-7,9-10,14H,2-5,8,12H2,1H3. The number of nitrogens with zero attached hydrogens (tertiary/aromatic N) is 2. The zero-order valence-corrected chi connectivity index (χ0v) is 10.5. The predicted octanol–water partition coefficient (Wildman–Crippen LogP) is 1.60. The second-order valence-corrected chi connectivity index (χ2v) is 5.67. The molecular formula is C11H20N4S. The fourth-order valence-electron chi connectivity index (χ4n) is 2.23. The SMILES string of the molecule is Cn1nccc1C(CSC1CCCC1)NN. The fourth-order valence-corrected chi connectivity index (χ4v) is 3.63. The summed E-state index contributed by atoms with van der Waals surface area (Å²) in [6, 6.07) is 2.23. The quantitative estimate of drug-likeness (QED) is 0.606. The van der Waals surface area contributed by atoms with E-state index in [2.05, 4.69) is 10.5 Å². The van der Waals surface area contributed by atoms with Crippen molar-refractivity contribution in [3.63, 3.8) is 0 Å². The van der Waals surface area contributed by atoms with Crippen LogP contribution in [-0.2, 0) is 7.05 Å². The molecular weight excluding hydrogens is 220 g/mol. The van der Waals surface area contributed by atoms with E-state index < -0.39 is 0 Å². The largest absolute Gasteiger partial charge is 0.271 e. The van der Waals surface area contributed by atoms with E-state index in [1.54, 1.807) is 0 Å². The molecule has 90 valence electrons. The Morgan fingerprint density at radius 2 is 2.38 bits per heavy atom. The summed E-state index contributed by atoms with van der Waals surface area (Å²) in [6.07, 6.45) is 7.34. The monoisotopic (exact) mass is 240 g/mol. The molecule has 1 heterocycles. The lowest BCUT2D eigenvalue weighted by Gasteiger charge is -2.18. The van der Waals surface area contributed by atoms with Crippen LogP contribution in [0.5, 0.6) is 0 Å². The van der Waals surface area contributed by atoms with Crippen molar-refractivity contribution in [3.05, 3.63) is 18.0 Å². The Hall–Kier alpha value is -0.520. The van der Waals surface area contributed by atoms with Gasteiger partial charge in [0, 0.05) is 24.2 Å². The van der Waals surface area contributed by atoms with E-state index in [0.29, 0.717) is 0 Å². The molecule has 2 rings (SSSR count). The van der Waals surface area contributed by atoms with Crippen molar-refractivity contribution < 1.29 is 0 Å². The molecule has 5 heteroatoms. The average molecular weight is 240 g/mol. The van der Waals surface area contributed by atoms with Gasteiger partial charge in [-0.15, -0.1) is 0 Å². The van der Waals surface area contributed by atoms with Crippen molar-refractivity contribution in [1.82, 2.24) is 15.2 Å². The molecule has 1 fully saturated rings. The lowest BCUT2D eigenvalue weighted by atomic mass is 10.2. The number of hydrazine groups is 1. The zero-order chi connectivity index (χ0) is 11.4. The molecule has 3 N–H and O–H groups in total. The molecule has 1 aliphatic carbocycles. The Labute approximate surface area is 101 Å². The Morgan fingerprint density at radius 3 is 2.94 bits per heavy atom.